The highest BCUT2D eigenvalue weighted by Gasteiger charge is 2.05. The summed E-state index contributed by atoms with van der Waals surface area (Å²) in [7, 11) is 0. The van der Waals surface area contributed by atoms with E-state index in [-0.39, 0.29) is 12.2 Å². The van der Waals surface area contributed by atoms with Crippen LogP contribution in [0.3, 0.4) is 0 Å². The number of unbranched alkanes of at least 4 members (excludes halogenated alkanes) is 1. The normalized spacial score (nSPS) is 12.1. The number of nitrogens with one attached hydrogen (secondary N) is 3. The van der Waals surface area contributed by atoms with E-state index in [1.54, 1.807) is 0 Å². The smallest absolute Gasteiger partial charge is 0.407 e. The maximum absolute atomic E-state index is 11.3. The molecule has 0 saturated heterocycles. The topological polar surface area (TPSA) is 88.4 Å². The summed E-state index contributed by atoms with van der Waals surface area (Å²) in [5.74, 6) is 0. The van der Waals surface area contributed by atoms with Gasteiger partial charge in [0.05, 0.1) is 0 Å². The van der Waals surface area contributed by atoms with Gasteiger partial charge in [0.15, 0.2) is 0 Å². The van der Waals surface area contributed by atoms with Gasteiger partial charge in [0.1, 0.15) is 6.10 Å². The molecular weight excluding hydrogens is 268 g/mol. The van der Waals surface area contributed by atoms with Crippen molar-refractivity contribution in [1.82, 2.24) is 16.0 Å². The fraction of sp³-hybridized carbons (Fsp3) is 0.933. The number of carbonyl (C=O) groups is 1. The maximum atomic E-state index is 11.3. The van der Waals surface area contributed by atoms with E-state index < -0.39 is 0 Å². The third kappa shape index (κ3) is 15.4. The molecule has 0 fully saturated rings. The van der Waals surface area contributed by atoms with E-state index in [1.165, 1.54) is 12.8 Å². The molecule has 1 unspecified atom stereocenters. The highest BCUT2D eigenvalue weighted by Crippen LogP contribution is 1.95. The van der Waals surface area contributed by atoms with Crippen LogP contribution in [-0.4, -0.2) is 51.5 Å². The Balaban J connectivity index is 3.13. The molecular formula is C15H34N4O2. The number of amides is 1. The van der Waals surface area contributed by atoms with Gasteiger partial charge in [-0.2, -0.15) is 0 Å². The number of carbonyl (C=O) groups excluding carboxylic acids is 1. The number of hydrogen-bond donors (Lipinski definition) is 4. The highest BCUT2D eigenvalue weighted by atomic mass is 16.6. The molecule has 0 spiro atoms. The van der Waals surface area contributed by atoms with E-state index in [9.17, 15) is 4.79 Å². The minimum atomic E-state index is -0.312. The molecule has 126 valence electrons. The molecule has 0 aliphatic rings. The first kappa shape index (κ1) is 20.1. The van der Waals surface area contributed by atoms with E-state index in [2.05, 4.69) is 16.0 Å². The molecule has 0 rings (SSSR count). The Labute approximate surface area is 129 Å². The summed E-state index contributed by atoms with van der Waals surface area (Å²) in [6.45, 7) is 9.32. The fourth-order valence-corrected chi connectivity index (χ4v) is 1.69. The van der Waals surface area contributed by atoms with E-state index >= 15 is 0 Å². The van der Waals surface area contributed by atoms with Crippen molar-refractivity contribution in [3.05, 3.63) is 0 Å². The second kappa shape index (κ2) is 15.5. The molecule has 0 aromatic carbocycles. The van der Waals surface area contributed by atoms with Crippen molar-refractivity contribution < 1.29 is 9.53 Å². The Morgan fingerprint density at radius 1 is 1.00 bits per heavy atom. The van der Waals surface area contributed by atoms with Gasteiger partial charge in [0.25, 0.3) is 0 Å². The van der Waals surface area contributed by atoms with Crippen molar-refractivity contribution in [2.75, 3.05) is 39.3 Å². The van der Waals surface area contributed by atoms with Gasteiger partial charge < -0.3 is 26.4 Å². The fourth-order valence-electron chi connectivity index (χ4n) is 1.69. The molecule has 0 radical (unpaired) electrons. The summed E-state index contributed by atoms with van der Waals surface area (Å²) in [5.41, 5.74) is 5.41. The predicted octanol–water partition coefficient (Wildman–Crippen LogP) is 1.21. The van der Waals surface area contributed by atoms with Gasteiger partial charge in [-0.25, -0.2) is 4.79 Å². The van der Waals surface area contributed by atoms with Gasteiger partial charge in [0.2, 0.25) is 0 Å². The van der Waals surface area contributed by atoms with Crippen LogP contribution < -0.4 is 21.7 Å². The standard InChI is InChI=1S/C15H34N4O2/c1-3-14(2)21-15(20)19-13-7-12-18-10-5-4-9-17-11-6-8-16/h14,17-18H,3-13,16H2,1-2H3,(H,19,20). The van der Waals surface area contributed by atoms with Gasteiger partial charge in [0, 0.05) is 6.54 Å². The van der Waals surface area contributed by atoms with E-state index in [0.717, 1.165) is 52.0 Å². The molecule has 0 aromatic rings. The van der Waals surface area contributed by atoms with Crippen LogP contribution in [0.4, 0.5) is 4.79 Å². The molecule has 6 heteroatoms. The lowest BCUT2D eigenvalue weighted by molar-refractivity contribution is 0.105. The zero-order chi connectivity index (χ0) is 15.8. The summed E-state index contributed by atoms with van der Waals surface area (Å²) < 4.78 is 5.11. The Kier molecular flexibility index (Phi) is 14.9. The van der Waals surface area contributed by atoms with Gasteiger partial charge in [-0.1, -0.05) is 6.92 Å². The van der Waals surface area contributed by atoms with Crippen LogP contribution in [0.2, 0.25) is 0 Å². The van der Waals surface area contributed by atoms with Crippen molar-refractivity contribution in [2.45, 2.75) is 52.1 Å². The lowest BCUT2D eigenvalue weighted by Crippen LogP contribution is -2.30. The number of rotatable bonds is 14. The van der Waals surface area contributed by atoms with Crippen LogP contribution in [0.1, 0.15) is 46.0 Å². The van der Waals surface area contributed by atoms with Gasteiger partial charge >= 0.3 is 6.09 Å². The number of alkyl carbamates (subject to hydrolysis) is 1. The molecule has 0 aliphatic heterocycles. The Bertz CT molecular complexity index is 240. The van der Waals surface area contributed by atoms with Crippen LogP contribution in [0, 0.1) is 0 Å². The van der Waals surface area contributed by atoms with Gasteiger partial charge in [-0.15, -0.1) is 0 Å². The molecule has 1 atom stereocenters. The SMILES string of the molecule is CCC(C)OC(=O)NCCCNCCCCNCCCN. The molecule has 1 amide bonds. The molecule has 5 N–H and O–H groups in total. The Morgan fingerprint density at radius 3 is 2.14 bits per heavy atom. The largest absolute Gasteiger partial charge is 0.447 e. The van der Waals surface area contributed by atoms with Crippen LogP contribution in [0.25, 0.3) is 0 Å². The molecule has 21 heavy (non-hydrogen) atoms. The zero-order valence-corrected chi connectivity index (χ0v) is 13.7. The van der Waals surface area contributed by atoms with Crippen molar-refractivity contribution in [2.24, 2.45) is 5.73 Å². The molecule has 6 nitrogen and oxygen atoms in total. The minimum absolute atomic E-state index is 0.0124. The first-order valence-corrected chi connectivity index (χ1v) is 8.26. The summed E-state index contributed by atoms with van der Waals surface area (Å²) in [5, 5.41) is 9.49. The van der Waals surface area contributed by atoms with Crippen LogP contribution >= 0.6 is 0 Å². The van der Waals surface area contributed by atoms with Crippen molar-refractivity contribution in [3.63, 3.8) is 0 Å². The Hall–Kier alpha value is -0.850. The summed E-state index contributed by atoms with van der Waals surface area (Å²) >= 11 is 0. The van der Waals surface area contributed by atoms with Crippen LogP contribution in [-0.2, 0) is 4.74 Å². The Morgan fingerprint density at radius 2 is 1.57 bits per heavy atom. The quantitative estimate of drug-likeness (QED) is 0.362. The monoisotopic (exact) mass is 302 g/mol. The third-order valence-electron chi connectivity index (χ3n) is 3.20. The average molecular weight is 302 g/mol. The average Bonchev–Trinajstić information content (AvgIpc) is 2.48. The first-order chi connectivity index (χ1) is 10.2. The zero-order valence-electron chi connectivity index (χ0n) is 13.7. The summed E-state index contributed by atoms with van der Waals surface area (Å²) in [6.07, 6.45) is 4.83. The third-order valence-corrected chi connectivity index (χ3v) is 3.20. The number of nitrogens with two attached hydrogens (primary N) is 1. The van der Waals surface area contributed by atoms with Crippen molar-refractivity contribution in [3.8, 4) is 0 Å². The molecule has 0 saturated carbocycles. The molecule has 0 aromatic heterocycles. The second-order valence-electron chi connectivity index (χ2n) is 5.25. The molecule has 0 heterocycles. The molecule has 0 bridgehead atoms. The second-order valence-corrected chi connectivity index (χ2v) is 5.25. The van der Waals surface area contributed by atoms with E-state index in [0.29, 0.717) is 6.54 Å². The van der Waals surface area contributed by atoms with Gasteiger partial charge in [-0.05, 0) is 71.8 Å². The number of ether oxygens (including phenoxy) is 1. The first-order valence-electron chi connectivity index (χ1n) is 8.26. The minimum Gasteiger partial charge on any atom is -0.447 e. The van der Waals surface area contributed by atoms with Crippen molar-refractivity contribution in [1.29, 1.82) is 0 Å². The van der Waals surface area contributed by atoms with E-state index in [1.807, 2.05) is 13.8 Å². The van der Waals surface area contributed by atoms with Gasteiger partial charge in [-0.3, -0.25) is 0 Å². The van der Waals surface area contributed by atoms with E-state index in [4.69, 9.17) is 10.5 Å². The lowest BCUT2D eigenvalue weighted by atomic mass is 10.3. The predicted molar refractivity (Wildman–Crippen MR) is 87.5 cm³/mol. The van der Waals surface area contributed by atoms with Crippen LogP contribution in [0.5, 0.6) is 0 Å². The molecule has 0 aliphatic carbocycles. The highest BCUT2D eigenvalue weighted by molar-refractivity contribution is 5.67. The summed E-state index contributed by atoms with van der Waals surface area (Å²) in [6, 6.07) is 0. The summed E-state index contributed by atoms with van der Waals surface area (Å²) in [4.78, 5) is 11.3. The van der Waals surface area contributed by atoms with Crippen LogP contribution in [0.15, 0.2) is 0 Å². The maximum Gasteiger partial charge on any atom is 0.407 e. The lowest BCUT2D eigenvalue weighted by Gasteiger charge is -2.11. The number of hydrogen-bond acceptors (Lipinski definition) is 5. The van der Waals surface area contributed by atoms with Crippen molar-refractivity contribution >= 4 is 6.09 Å².